The molecule has 0 aliphatic rings. The average molecular weight is 220 g/mol. The second kappa shape index (κ2) is 3.65. The van der Waals surface area contributed by atoms with E-state index in [0.29, 0.717) is 17.5 Å². The SMILES string of the molecule is Cc1cn(-c2ccc(C(=O)O)o2)nc1C=O. The molecule has 0 radical (unpaired) electrons. The zero-order chi connectivity index (χ0) is 11.7. The Morgan fingerprint density at radius 2 is 2.31 bits per heavy atom. The van der Waals surface area contributed by atoms with E-state index in [0.717, 1.165) is 0 Å². The highest BCUT2D eigenvalue weighted by Crippen LogP contribution is 2.14. The molecular weight excluding hydrogens is 212 g/mol. The molecule has 82 valence electrons. The summed E-state index contributed by atoms with van der Waals surface area (Å²) in [6.07, 6.45) is 2.22. The van der Waals surface area contributed by atoms with Gasteiger partial charge in [-0.3, -0.25) is 4.79 Å². The summed E-state index contributed by atoms with van der Waals surface area (Å²) in [5, 5.41) is 12.6. The lowest BCUT2D eigenvalue weighted by Gasteiger charge is -1.93. The highest BCUT2D eigenvalue weighted by molar-refractivity contribution is 5.84. The van der Waals surface area contributed by atoms with E-state index in [2.05, 4.69) is 5.10 Å². The number of nitrogens with zero attached hydrogens (tertiary/aromatic N) is 2. The predicted molar refractivity (Wildman–Crippen MR) is 52.9 cm³/mol. The molecule has 2 rings (SSSR count). The Hall–Kier alpha value is -2.37. The number of aromatic nitrogens is 2. The van der Waals surface area contributed by atoms with E-state index in [1.54, 1.807) is 13.1 Å². The zero-order valence-corrected chi connectivity index (χ0v) is 8.38. The molecule has 0 saturated carbocycles. The summed E-state index contributed by atoms with van der Waals surface area (Å²) in [7, 11) is 0. The van der Waals surface area contributed by atoms with Gasteiger partial charge in [0, 0.05) is 12.3 Å². The highest BCUT2D eigenvalue weighted by atomic mass is 16.4. The van der Waals surface area contributed by atoms with Gasteiger partial charge < -0.3 is 9.52 Å². The molecule has 6 heteroatoms. The van der Waals surface area contributed by atoms with Gasteiger partial charge in [-0.1, -0.05) is 0 Å². The number of aromatic carboxylic acids is 1. The third-order valence-corrected chi connectivity index (χ3v) is 2.08. The molecule has 0 fully saturated rings. The van der Waals surface area contributed by atoms with Crippen LogP contribution in [-0.4, -0.2) is 27.1 Å². The van der Waals surface area contributed by atoms with Crippen LogP contribution in [0.3, 0.4) is 0 Å². The monoisotopic (exact) mass is 220 g/mol. The van der Waals surface area contributed by atoms with Crippen LogP contribution < -0.4 is 0 Å². The van der Waals surface area contributed by atoms with Gasteiger partial charge in [-0.2, -0.15) is 5.10 Å². The third-order valence-electron chi connectivity index (χ3n) is 2.08. The van der Waals surface area contributed by atoms with E-state index >= 15 is 0 Å². The number of rotatable bonds is 3. The van der Waals surface area contributed by atoms with Crippen LogP contribution in [0.4, 0.5) is 0 Å². The molecular formula is C10H8N2O4. The van der Waals surface area contributed by atoms with Gasteiger partial charge in [-0.25, -0.2) is 9.48 Å². The van der Waals surface area contributed by atoms with E-state index in [1.165, 1.54) is 16.8 Å². The molecule has 0 aromatic carbocycles. The topological polar surface area (TPSA) is 85.3 Å². The van der Waals surface area contributed by atoms with Crippen molar-refractivity contribution in [2.45, 2.75) is 6.92 Å². The van der Waals surface area contributed by atoms with Crippen molar-refractivity contribution in [1.29, 1.82) is 0 Å². The third kappa shape index (κ3) is 1.60. The molecule has 0 atom stereocenters. The van der Waals surface area contributed by atoms with Crippen LogP contribution in [0.15, 0.2) is 22.7 Å². The summed E-state index contributed by atoms with van der Waals surface area (Å²) >= 11 is 0. The molecule has 0 unspecified atom stereocenters. The second-order valence-electron chi connectivity index (χ2n) is 3.20. The first-order chi connectivity index (χ1) is 7.61. The molecule has 0 bridgehead atoms. The number of aryl methyl sites for hydroxylation is 1. The van der Waals surface area contributed by atoms with E-state index in [-0.39, 0.29) is 11.6 Å². The fourth-order valence-corrected chi connectivity index (χ4v) is 1.27. The van der Waals surface area contributed by atoms with Crippen LogP contribution in [0.25, 0.3) is 5.88 Å². The van der Waals surface area contributed by atoms with Crippen LogP contribution in [-0.2, 0) is 0 Å². The van der Waals surface area contributed by atoms with Gasteiger partial charge in [0.2, 0.25) is 11.6 Å². The number of hydrogen-bond acceptors (Lipinski definition) is 4. The van der Waals surface area contributed by atoms with Gasteiger partial charge in [0.1, 0.15) is 5.69 Å². The lowest BCUT2D eigenvalue weighted by atomic mass is 10.3. The zero-order valence-electron chi connectivity index (χ0n) is 8.38. The Kier molecular flexibility index (Phi) is 2.32. The smallest absolute Gasteiger partial charge is 0.371 e. The maximum atomic E-state index is 10.6. The Labute approximate surface area is 90.1 Å². The summed E-state index contributed by atoms with van der Waals surface area (Å²) in [6.45, 7) is 1.73. The second-order valence-corrected chi connectivity index (χ2v) is 3.20. The van der Waals surface area contributed by atoms with Crippen molar-refractivity contribution < 1.29 is 19.1 Å². The van der Waals surface area contributed by atoms with Crippen molar-refractivity contribution in [3.05, 3.63) is 35.3 Å². The lowest BCUT2D eigenvalue weighted by molar-refractivity contribution is 0.0661. The number of carboxylic acids is 1. The van der Waals surface area contributed by atoms with Gasteiger partial charge in [0.25, 0.3) is 0 Å². The average Bonchev–Trinajstić information content (AvgIpc) is 2.83. The largest absolute Gasteiger partial charge is 0.475 e. The molecule has 2 aromatic rings. The normalized spacial score (nSPS) is 10.3. The molecule has 1 N–H and O–H groups in total. The summed E-state index contributed by atoms with van der Waals surface area (Å²) in [5.41, 5.74) is 0.997. The lowest BCUT2D eigenvalue weighted by Crippen LogP contribution is -1.95. The van der Waals surface area contributed by atoms with Crippen molar-refractivity contribution in [1.82, 2.24) is 9.78 Å². The first-order valence-electron chi connectivity index (χ1n) is 4.47. The highest BCUT2D eigenvalue weighted by Gasteiger charge is 2.12. The van der Waals surface area contributed by atoms with Crippen LogP contribution in [0, 0.1) is 6.92 Å². The van der Waals surface area contributed by atoms with Crippen LogP contribution >= 0.6 is 0 Å². The Bertz CT molecular complexity index is 553. The van der Waals surface area contributed by atoms with Crippen molar-refractivity contribution in [3.8, 4) is 5.88 Å². The number of aldehydes is 1. The fourth-order valence-electron chi connectivity index (χ4n) is 1.27. The standard InChI is InChI=1S/C10H8N2O4/c1-6-4-12(11-7(6)5-13)9-3-2-8(16-9)10(14)15/h2-5H,1H3,(H,14,15). The Morgan fingerprint density at radius 3 is 2.81 bits per heavy atom. The predicted octanol–water partition coefficient (Wildman–Crippen LogP) is 1.28. The summed E-state index contributed by atoms with van der Waals surface area (Å²) in [5.74, 6) is -1.06. The Morgan fingerprint density at radius 1 is 1.56 bits per heavy atom. The fraction of sp³-hybridized carbons (Fsp3) is 0.100. The van der Waals surface area contributed by atoms with E-state index in [1.807, 2.05) is 0 Å². The number of carbonyl (C=O) groups excluding carboxylic acids is 1. The molecule has 0 spiro atoms. The molecule has 2 heterocycles. The Balaban J connectivity index is 2.42. The van der Waals surface area contributed by atoms with Gasteiger partial charge in [0.05, 0.1) is 0 Å². The minimum atomic E-state index is -1.15. The van der Waals surface area contributed by atoms with Crippen LogP contribution in [0.5, 0.6) is 0 Å². The molecule has 0 aliphatic heterocycles. The molecule has 6 nitrogen and oxygen atoms in total. The van der Waals surface area contributed by atoms with E-state index in [9.17, 15) is 9.59 Å². The molecule has 16 heavy (non-hydrogen) atoms. The maximum absolute atomic E-state index is 10.6. The molecule has 0 saturated heterocycles. The van der Waals surface area contributed by atoms with Crippen LogP contribution in [0.1, 0.15) is 26.6 Å². The van der Waals surface area contributed by atoms with Crippen LogP contribution in [0.2, 0.25) is 0 Å². The molecule has 0 aliphatic carbocycles. The summed E-state index contributed by atoms with van der Waals surface area (Å²) in [6, 6.07) is 2.81. The van der Waals surface area contributed by atoms with Crippen molar-refractivity contribution >= 4 is 12.3 Å². The van der Waals surface area contributed by atoms with Crippen molar-refractivity contribution in [3.63, 3.8) is 0 Å². The van der Waals surface area contributed by atoms with Gasteiger partial charge in [-0.05, 0) is 18.6 Å². The quantitative estimate of drug-likeness (QED) is 0.787. The van der Waals surface area contributed by atoms with Crippen molar-refractivity contribution in [2.75, 3.05) is 0 Å². The minimum Gasteiger partial charge on any atom is -0.475 e. The summed E-state index contributed by atoms with van der Waals surface area (Å²) in [4.78, 5) is 21.2. The first kappa shape index (κ1) is 10.2. The van der Waals surface area contributed by atoms with Gasteiger partial charge >= 0.3 is 5.97 Å². The number of carbonyl (C=O) groups is 2. The van der Waals surface area contributed by atoms with E-state index in [4.69, 9.17) is 9.52 Å². The van der Waals surface area contributed by atoms with Gasteiger partial charge in [-0.15, -0.1) is 0 Å². The number of hydrogen-bond donors (Lipinski definition) is 1. The first-order valence-corrected chi connectivity index (χ1v) is 4.47. The number of carboxylic acid groups (broad SMARTS) is 1. The van der Waals surface area contributed by atoms with Gasteiger partial charge in [0.15, 0.2) is 6.29 Å². The summed E-state index contributed by atoms with van der Waals surface area (Å²) < 4.78 is 6.35. The number of furan rings is 1. The van der Waals surface area contributed by atoms with Crippen molar-refractivity contribution in [2.24, 2.45) is 0 Å². The molecule has 2 aromatic heterocycles. The minimum absolute atomic E-state index is 0.171. The maximum Gasteiger partial charge on any atom is 0.371 e. The van der Waals surface area contributed by atoms with E-state index < -0.39 is 5.97 Å². The molecule has 0 amide bonds.